The fourth-order valence-corrected chi connectivity index (χ4v) is 4.97. The van der Waals surface area contributed by atoms with E-state index in [0.717, 1.165) is 14.2 Å². The Morgan fingerprint density at radius 2 is 0.852 bits per heavy atom. The number of hydrogen-bond donors (Lipinski definition) is 0. The molecular formula is C18H24O8Pd. The van der Waals surface area contributed by atoms with Crippen LogP contribution < -0.4 is 0 Å². The number of carbonyl (C=O) groups is 4. The van der Waals surface area contributed by atoms with Crippen LogP contribution in [-0.4, -0.2) is 52.3 Å². The maximum atomic E-state index is 13.0. The van der Waals surface area contributed by atoms with Gasteiger partial charge in [0.05, 0.1) is 28.4 Å². The summed E-state index contributed by atoms with van der Waals surface area (Å²) in [5, 5.41) is 0. The van der Waals surface area contributed by atoms with E-state index in [9.17, 15) is 19.2 Å². The molecule has 0 aliphatic heterocycles. The molecule has 0 N–H and O–H groups in total. The maximum absolute atomic E-state index is 13.0. The molecule has 9 heteroatoms. The van der Waals surface area contributed by atoms with Gasteiger partial charge < -0.3 is 18.9 Å². The number of ether oxygens (including phenoxy) is 4. The van der Waals surface area contributed by atoms with Gasteiger partial charge in [0.15, 0.2) is 11.9 Å². The molecule has 8 nitrogen and oxygen atoms in total. The van der Waals surface area contributed by atoms with E-state index in [-0.39, 0.29) is 32.3 Å². The molecule has 0 aromatic rings. The van der Waals surface area contributed by atoms with Crippen molar-refractivity contribution in [2.24, 2.45) is 21.7 Å². The van der Waals surface area contributed by atoms with Crippen molar-refractivity contribution < 1.29 is 58.5 Å². The Hall–Kier alpha value is -1.72. The molecule has 0 bridgehead atoms. The molecule has 0 radical (unpaired) electrons. The van der Waals surface area contributed by atoms with E-state index in [1.807, 2.05) is 0 Å². The monoisotopic (exact) mass is 474 g/mol. The molecule has 154 valence electrons. The molecular weight excluding hydrogens is 451 g/mol. The third-order valence-corrected chi connectivity index (χ3v) is 6.07. The molecule has 27 heavy (non-hydrogen) atoms. The first-order valence-electron chi connectivity index (χ1n) is 8.02. The second-order valence-corrected chi connectivity index (χ2v) is 7.47. The van der Waals surface area contributed by atoms with Crippen LogP contribution >= 0.6 is 0 Å². The van der Waals surface area contributed by atoms with E-state index < -0.39 is 45.5 Å². The van der Waals surface area contributed by atoms with Gasteiger partial charge in [0.1, 0.15) is 0 Å². The number of rotatable bonds is 5. The Bertz CT molecular complexity index is 627. The van der Waals surface area contributed by atoms with Crippen molar-refractivity contribution in [2.75, 3.05) is 28.4 Å². The molecule has 2 saturated carbocycles. The van der Waals surface area contributed by atoms with E-state index >= 15 is 0 Å². The fourth-order valence-electron chi connectivity index (χ4n) is 4.97. The molecule has 2 aliphatic rings. The molecule has 2 rings (SSSR count). The predicted octanol–water partition coefficient (Wildman–Crippen LogP) is 0.877. The number of carbonyl (C=O) groups excluding carboxylic acids is 4. The Kier molecular flexibility index (Phi) is 5.80. The van der Waals surface area contributed by atoms with Crippen LogP contribution in [0.2, 0.25) is 0 Å². The van der Waals surface area contributed by atoms with Crippen LogP contribution in [-0.2, 0) is 58.5 Å². The average Bonchev–Trinajstić information content (AvgIpc) is 3.34. The van der Waals surface area contributed by atoms with Gasteiger partial charge in [-0.25, -0.2) is 0 Å². The van der Waals surface area contributed by atoms with Crippen molar-refractivity contribution in [2.45, 2.75) is 27.7 Å². The first-order valence-corrected chi connectivity index (χ1v) is 8.02. The summed E-state index contributed by atoms with van der Waals surface area (Å²) >= 11 is 0. The number of methoxy groups -OCH3 is 4. The fraction of sp³-hybridized carbons (Fsp3) is 0.667. The van der Waals surface area contributed by atoms with E-state index in [0.29, 0.717) is 0 Å². The van der Waals surface area contributed by atoms with Crippen LogP contribution in [0.5, 0.6) is 0 Å². The smallest absolute Gasteiger partial charge is 0.491 e. The minimum atomic E-state index is -1.72. The van der Waals surface area contributed by atoms with Crippen LogP contribution in [0.3, 0.4) is 0 Å². The van der Waals surface area contributed by atoms with Crippen molar-refractivity contribution in [3.8, 4) is 0 Å². The van der Waals surface area contributed by atoms with Crippen molar-refractivity contribution in [1.82, 2.24) is 0 Å². The van der Waals surface area contributed by atoms with Gasteiger partial charge in [0, 0.05) is 0 Å². The molecule has 0 aromatic carbocycles. The zero-order chi connectivity index (χ0) is 20.3. The van der Waals surface area contributed by atoms with Crippen molar-refractivity contribution in [3.05, 3.63) is 11.8 Å². The first kappa shape index (κ1) is 23.3. The minimum absolute atomic E-state index is 0. The van der Waals surface area contributed by atoms with Crippen LogP contribution in [0.15, 0.2) is 0 Å². The average molecular weight is 475 g/mol. The summed E-state index contributed by atoms with van der Waals surface area (Å²) in [6.45, 7) is 6.52. The second-order valence-electron chi connectivity index (χ2n) is 7.47. The van der Waals surface area contributed by atoms with E-state index in [4.69, 9.17) is 18.9 Å². The zero-order valence-electron chi connectivity index (χ0n) is 16.6. The normalized spacial score (nSPS) is 29.0. The van der Waals surface area contributed by atoms with Crippen LogP contribution in [0.4, 0.5) is 0 Å². The molecule has 2 atom stereocenters. The molecule has 0 amide bonds. The van der Waals surface area contributed by atoms with Crippen molar-refractivity contribution in [1.29, 1.82) is 0 Å². The van der Waals surface area contributed by atoms with Gasteiger partial charge >= 0.3 is 20.4 Å². The largest absolute Gasteiger partial charge is 2.00 e. The Morgan fingerprint density at radius 3 is 1.04 bits per heavy atom. The summed E-state index contributed by atoms with van der Waals surface area (Å²) in [5.41, 5.74) is -5.62. The Labute approximate surface area is 172 Å². The molecule has 2 aliphatic carbocycles. The van der Waals surface area contributed by atoms with Gasteiger partial charge in [-0.15, -0.1) is 10.8 Å². The van der Waals surface area contributed by atoms with Crippen LogP contribution in [0.1, 0.15) is 27.7 Å². The van der Waals surface area contributed by atoms with Gasteiger partial charge in [0.25, 0.3) is 11.9 Å². The predicted molar refractivity (Wildman–Crippen MR) is 87.0 cm³/mol. The van der Waals surface area contributed by atoms with E-state index in [1.54, 1.807) is 27.7 Å². The minimum Gasteiger partial charge on any atom is -0.491 e. The molecule has 0 spiro atoms. The standard InChI is InChI=1S/C18H24O8.Pd/c1-15(2)9(11(19)23-5)17(15,13(21)25-7)18(14(22)26-8)10(12(20)24-6)16(18,3)4;/h1-8H3;/q-2;+2/t17-,18-;/m1./s1. The summed E-state index contributed by atoms with van der Waals surface area (Å²) in [6, 6.07) is 0. The van der Waals surface area contributed by atoms with Crippen LogP contribution in [0, 0.1) is 33.5 Å². The Balaban J connectivity index is 0.00000364. The quantitative estimate of drug-likeness (QED) is 0.250. The van der Waals surface area contributed by atoms with Gasteiger partial charge in [0.2, 0.25) is 0 Å². The third-order valence-electron chi connectivity index (χ3n) is 6.07. The van der Waals surface area contributed by atoms with E-state index in [2.05, 4.69) is 0 Å². The summed E-state index contributed by atoms with van der Waals surface area (Å²) in [7, 11) is 4.68. The van der Waals surface area contributed by atoms with E-state index in [1.165, 1.54) is 14.2 Å². The first-order chi connectivity index (χ1) is 11.9. The molecule has 0 saturated heterocycles. The third kappa shape index (κ3) is 2.24. The van der Waals surface area contributed by atoms with Gasteiger partial charge in [-0.2, -0.15) is 0 Å². The summed E-state index contributed by atoms with van der Waals surface area (Å²) in [6.07, 6.45) is 0. The van der Waals surface area contributed by atoms with Crippen molar-refractivity contribution >= 4 is 23.9 Å². The Morgan fingerprint density at radius 1 is 0.593 bits per heavy atom. The summed E-state index contributed by atoms with van der Waals surface area (Å²) < 4.78 is 19.6. The van der Waals surface area contributed by atoms with Gasteiger partial charge in [-0.1, -0.05) is 38.5 Å². The van der Waals surface area contributed by atoms with Crippen molar-refractivity contribution in [3.63, 3.8) is 0 Å². The molecule has 0 heterocycles. The second kappa shape index (κ2) is 6.71. The number of esters is 4. The summed E-state index contributed by atoms with van der Waals surface area (Å²) in [4.78, 5) is 50.8. The van der Waals surface area contributed by atoms with Crippen LogP contribution in [0.25, 0.3) is 0 Å². The number of hydrogen-bond acceptors (Lipinski definition) is 8. The maximum Gasteiger partial charge on any atom is 2.00 e. The topological polar surface area (TPSA) is 105 Å². The molecule has 2 fully saturated rings. The molecule has 0 aromatic heterocycles. The SMILES string of the molecule is COC(=O)[C-]1C(C)(C)[C@@]1(C(=O)OC)[C@@]1(C(=O)OC)[C-](C(=O)OC)C1(C)C.[Pd+2]. The molecule has 0 unspecified atom stereocenters. The summed E-state index contributed by atoms with van der Waals surface area (Å²) in [5.74, 6) is -2.96. The van der Waals surface area contributed by atoms with Gasteiger partial charge in [-0.05, 0) is 0 Å². The van der Waals surface area contributed by atoms with Gasteiger partial charge in [-0.3, -0.25) is 31.0 Å². The zero-order valence-corrected chi connectivity index (χ0v) is 18.1.